The lowest BCUT2D eigenvalue weighted by atomic mass is 10.0. The van der Waals surface area contributed by atoms with E-state index in [0.717, 1.165) is 19.5 Å². The van der Waals surface area contributed by atoms with Gasteiger partial charge in [0, 0.05) is 25.3 Å². The topological polar surface area (TPSA) is 58.1 Å². The number of piperidine rings is 1. The number of amides is 1. The van der Waals surface area contributed by atoms with Crippen LogP contribution < -0.4 is 5.32 Å². The van der Waals surface area contributed by atoms with Crippen molar-refractivity contribution in [3.05, 3.63) is 59.1 Å². The van der Waals surface area contributed by atoms with Crippen LogP contribution in [-0.4, -0.2) is 39.9 Å². The van der Waals surface area contributed by atoms with Gasteiger partial charge in [-0.2, -0.15) is 0 Å². The van der Waals surface area contributed by atoms with Crippen molar-refractivity contribution >= 4 is 17.5 Å². The highest BCUT2D eigenvalue weighted by Gasteiger charge is 2.23. The average molecular weight is 345 g/mol. The first-order chi connectivity index (χ1) is 11.7. The van der Waals surface area contributed by atoms with Gasteiger partial charge in [0.25, 0.3) is 5.91 Å². The van der Waals surface area contributed by atoms with Gasteiger partial charge >= 0.3 is 0 Å². The second kappa shape index (κ2) is 8.22. The highest BCUT2D eigenvalue weighted by molar-refractivity contribution is 6.33. The normalized spacial score (nSPS) is 18.3. The van der Waals surface area contributed by atoms with Gasteiger partial charge < -0.3 is 5.32 Å². The zero-order valence-corrected chi connectivity index (χ0v) is 14.2. The number of nitrogens with one attached hydrogen (secondary N) is 1. The standard InChI is InChI=1S/C18H21ClN4O/c19-16-11-20-13-22-17(16)18(24)21-10-15-8-4-5-9-23(15)12-14-6-2-1-3-7-14/h1-3,6-7,11,13,15H,4-5,8-10,12H2,(H,21,24)/t15-/m1/s1. The number of carbonyl (C=O) groups is 1. The molecule has 2 aromatic rings. The molecular weight excluding hydrogens is 324 g/mol. The predicted molar refractivity (Wildman–Crippen MR) is 93.9 cm³/mol. The molecule has 24 heavy (non-hydrogen) atoms. The molecule has 0 spiro atoms. The van der Waals surface area contributed by atoms with Gasteiger partial charge in [0.15, 0.2) is 0 Å². The Kier molecular flexibility index (Phi) is 5.77. The number of aromatic nitrogens is 2. The van der Waals surface area contributed by atoms with Crippen LogP contribution in [0, 0.1) is 0 Å². The lowest BCUT2D eigenvalue weighted by Crippen LogP contribution is -2.46. The lowest BCUT2D eigenvalue weighted by Gasteiger charge is -2.35. The van der Waals surface area contributed by atoms with Crippen LogP contribution in [0.1, 0.15) is 35.3 Å². The number of halogens is 1. The molecule has 3 rings (SSSR count). The molecule has 1 atom stereocenters. The Balaban J connectivity index is 1.60. The first-order valence-corrected chi connectivity index (χ1v) is 8.63. The van der Waals surface area contributed by atoms with Crippen molar-refractivity contribution in [3.63, 3.8) is 0 Å². The van der Waals surface area contributed by atoms with Crippen molar-refractivity contribution in [1.82, 2.24) is 20.2 Å². The quantitative estimate of drug-likeness (QED) is 0.906. The van der Waals surface area contributed by atoms with E-state index in [1.807, 2.05) is 6.07 Å². The van der Waals surface area contributed by atoms with E-state index in [2.05, 4.69) is 44.5 Å². The Hall–Kier alpha value is -1.98. The van der Waals surface area contributed by atoms with E-state index in [4.69, 9.17) is 11.6 Å². The lowest BCUT2D eigenvalue weighted by molar-refractivity contribution is 0.0903. The summed E-state index contributed by atoms with van der Waals surface area (Å²) in [4.78, 5) is 22.5. The predicted octanol–water partition coefficient (Wildman–Crippen LogP) is 2.91. The summed E-state index contributed by atoms with van der Waals surface area (Å²) < 4.78 is 0. The highest BCUT2D eigenvalue weighted by Crippen LogP contribution is 2.19. The van der Waals surface area contributed by atoms with Crippen LogP contribution in [0.2, 0.25) is 5.02 Å². The Morgan fingerprint density at radius 1 is 1.29 bits per heavy atom. The fourth-order valence-corrected chi connectivity index (χ4v) is 3.28. The molecule has 0 radical (unpaired) electrons. The molecule has 1 saturated heterocycles. The summed E-state index contributed by atoms with van der Waals surface area (Å²) in [5, 5.41) is 3.25. The molecule has 1 aliphatic rings. The smallest absolute Gasteiger partial charge is 0.271 e. The number of hydrogen-bond acceptors (Lipinski definition) is 4. The first-order valence-electron chi connectivity index (χ1n) is 8.25. The second-order valence-electron chi connectivity index (χ2n) is 6.03. The monoisotopic (exact) mass is 344 g/mol. The van der Waals surface area contributed by atoms with Crippen LogP contribution >= 0.6 is 11.6 Å². The van der Waals surface area contributed by atoms with E-state index in [1.165, 1.54) is 30.9 Å². The summed E-state index contributed by atoms with van der Waals surface area (Å²) in [6, 6.07) is 10.8. The molecule has 1 amide bonds. The fourth-order valence-electron chi connectivity index (χ4n) is 3.09. The van der Waals surface area contributed by atoms with Crippen LogP contribution in [0.15, 0.2) is 42.9 Å². The fraction of sp³-hybridized carbons (Fsp3) is 0.389. The third kappa shape index (κ3) is 4.30. The Morgan fingerprint density at radius 2 is 2.12 bits per heavy atom. The van der Waals surface area contributed by atoms with Crippen molar-refractivity contribution in [1.29, 1.82) is 0 Å². The van der Waals surface area contributed by atoms with E-state index < -0.39 is 0 Å². The minimum atomic E-state index is -0.243. The van der Waals surface area contributed by atoms with Crippen molar-refractivity contribution in [3.8, 4) is 0 Å². The third-order valence-electron chi connectivity index (χ3n) is 4.36. The maximum atomic E-state index is 12.3. The number of benzene rings is 1. The van der Waals surface area contributed by atoms with E-state index >= 15 is 0 Å². The van der Waals surface area contributed by atoms with Crippen LogP contribution in [0.4, 0.5) is 0 Å². The number of hydrogen-bond donors (Lipinski definition) is 1. The molecule has 1 fully saturated rings. The molecule has 2 heterocycles. The summed E-state index contributed by atoms with van der Waals surface area (Å²) in [6.07, 6.45) is 6.26. The largest absolute Gasteiger partial charge is 0.349 e. The number of nitrogens with zero attached hydrogens (tertiary/aromatic N) is 3. The number of carbonyl (C=O) groups excluding carboxylic acids is 1. The van der Waals surface area contributed by atoms with Crippen LogP contribution in [0.3, 0.4) is 0 Å². The summed E-state index contributed by atoms with van der Waals surface area (Å²) in [5.41, 5.74) is 1.53. The van der Waals surface area contributed by atoms with Gasteiger partial charge in [0.1, 0.15) is 12.0 Å². The molecule has 0 bridgehead atoms. The molecule has 0 unspecified atom stereocenters. The van der Waals surface area contributed by atoms with Gasteiger partial charge in [-0.1, -0.05) is 48.4 Å². The summed E-state index contributed by atoms with van der Waals surface area (Å²) in [5.74, 6) is -0.243. The van der Waals surface area contributed by atoms with Crippen molar-refractivity contribution in [2.24, 2.45) is 0 Å². The first kappa shape index (κ1) is 16.9. The number of likely N-dealkylation sites (tertiary alicyclic amines) is 1. The van der Waals surface area contributed by atoms with Crippen LogP contribution in [-0.2, 0) is 6.54 Å². The van der Waals surface area contributed by atoms with Crippen molar-refractivity contribution in [2.45, 2.75) is 31.8 Å². The molecule has 0 saturated carbocycles. The van der Waals surface area contributed by atoms with Crippen molar-refractivity contribution in [2.75, 3.05) is 13.1 Å². The van der Waals surface area contributed by atoms with Crippen LogP contribution in [0.25, 0.3) is 0 Å². The minimum Gasteiger partial charge on any atom is -0.349 e. The highest BCUT2D eigenvalue weighted by atomic mass is 35.5. The maximum absolute atomic E-state index is 12.3. The van der Waals surface area contributed by atoms with Gasteiger partial charge in [-0.05, 0) is 24.9 Å². The summed E-state index contributed by atoms with van der Waals surface area (Å²) in [7, 11) is 0. The third-order valence-corrected chi connectivity index (χ3v) is 4.64. The van der Waals surface area contributed by atoms with Crippen LogP contribution in [0.5, 0.6) is 0 Å². The SMILES string of the molecule is O=C(NC[C@H]1CCCCN1Cc1ccccc1)c1ncncc1Cl. The average Bonchev–Trinajstić information content (AvgIpc) is 2.62. The Morgan fingerprint density at radius 3 is 2.92 bits per heavy atom. The molecule has 1 aromatic heterocycles. The molecule has 1 N–H and O–H groups in total. The minimum absolute atomic E-state index is 0.233. The molecule has 6 heteroatoms. The van der Waals surface area contributed by atoms with E-state index in [-0.39, 0.29) is 16.6 Å². The molecule has 5 nitrogen and oxygen atoms in total. The zero-order valence-electron chi connectivity index (χ0n) is 13.5. The van der Waals surface area contributed by atoms with Gasteiger partial charge in [-0.3, -0.25) is 9.69 Å². The van der Waals surface area contributed by atoms with E-state index in [9.17, 15) is 4.79 Å². The zero-order chi connectivity index (χ0) is 16.8. The van der Waals surface area contributed by atoms with Gasteiger partial charge in [-0.15, -0.1) is 0 Å². The van der Waals surface area contributed by atoms with Gasteiger partial charge in [-0.25, -0.2) is 9.97 Å². The second-order valence-corrected chi connectivity index (χ2v) is 6.44. The maximum Gasteiger partial charge on any atom is 0.271 e. The molecule has 1 aliphatic heterocycles. The molecule has 0 aliphatic carbocycles. The Bertz CT molecular complexity index is 680. The van der Waals surface area contributed by atoms with Crippen molar-refractivity contribution < 1.29 is 4.79 Å². The van der Waals surface area contributed by atoms with Gasteiger partial charge in [0.05, 0.1) is 5.02 Å². The van der Waals surface area contributed by atoms with Gasteiger partial charge in [0.2, 0.25) is 0 Å². The molecule has 126 valence electrons. The number of rotatable bonds is 5. The summed E-state index contributed by atoms with van der Waals surface area (Å²) in [6.45, 7) is 2.57. The Labute approximate surface area is 147 Å². The molecule has 1 aromatic carbocycles. The van der Waals surface area contributed by atoms with E-state index in [1.54, 1.807) is 0 Å². The summed E-state index contributed by atoms with van der Waals surface area (Å²) >= 11 is 5.98. The molecular formula is C18H21ClN4O. The van der Waals surface area contributed by atoms with E-state index in [0.29, 0.717) is 12.6 Å².